The molecule has 6 nitrogen and oxygen atoms in total. The standard InChI is InChI=1S/C18H15F2N5O/c19-13-2-1-11(7-14(13)20)9-25-6-3-12-16(10-25)23-17(24-18(12)26)15-8-21-4-5-22-15/h1-2,4-5,7-8H,3,6,9-10H2,(H,23,24,26). The van der Waals surface area contributed by atoms with Crippen molar-refractivity contribution in [2.75, 3.05) is 6.54 Å². The highest BCUT2D eigenvalue weighted by Crippen LogP contribution is 2.19. The van der Waals surface area contributed by atoms with Crippen LogP contribution in [0.15, 0.2) is 41.6 Å². The smallest absolute Gasteiger partial charge is 0.254 e. The van der Waals surface area contributed by atoms with E-state index in [4.69, 9.17) is 0 Å². The first kappa shape index (κ1) is 16.5. The van der Waals surface area contributed by atoms with Crippen molar-refractivity contribution in [2.24, 2.45) is 0 Å². The van der Waals surface area contributed by atoms with Crippen LogP contribution < -0.4 is 5.56 Å². The van der Waals surface area contributed by atoms with Gasteiger partial charge in [-0.2, -0.15) is 0 Å². The van der Waals surface area contributed by atoms with Gasteiger partial charge in [0.05, 0.1) is 11.9 Å². The van der Waals surface area contributed by atoms with Gasteiger partial charge in [-0.05, 0) is 24.1 Å². The first-order chi connectivity index (χ1) is 12.6. The summed E-state index contributed by atoms with van der Waals surface area (Å²) in [4.78, 5) is 29.8. The Morgan fingerprint density at radius 1 is 1.19 bits per heavy atom. The van der Waals surface area contributed by atoms with E-state index < -0.39 is 11.6 Å². The van der Waals surface area contributed by atoms with Crippen LogP contribution in [0.5, 0.6) is 0 Å². The second-order valence-electron chi connectivity index (χ2n) is 6.14. The maximum atomic E-state index is 13.4. The maximum Gasteiger partial charge on any atom is 0.254 e. The quantitative estimate of drug-likeness (QED) is 0.778. The molecule has 8 heteroatoms. The number of H-pyrrole nitrogens is 1. The summed E-state index contributed by atoms with van der Waals surface area (Å²) in [5.74, 6) is -1.35. The largest absolute Gasteiger partial charge is 0.305 e. The first-order valence-electron chi connectivity index (χ1n) is 8.15. The van der Waals surface area contributed by atoms with Gasteiger partial charge in [-0.1, -0.05) is 6.07 Å². The molecule has 0 unspecified atom stereocenters. The highest BCUT2D eigenvalue weighted by molar-refractivity contribution is 5.47. The van der Waals surface area contributed by atoms with Gasteiger partial charge in [0.25, 0.3) is 5.56 Å². The van der Waals surface area contributed by atoms with Crippen LogP contribution in [0.2, 0.25) is 0 Å². The number of benzene rings is 1. The normalized spacial score (nSPS) is 14.2. The van der Waals surface area contributed by atoms with Crippen molar-refractivity contribution < 1.29 is 8.78 Å². The van der Waals surface area contributed by atoms with Gasteiger partial charge in [-0.3, -0.25) is 14.7 Å². The van der Waals surface area contributed by atoms with Gasteiger partial charge in [-0.25, -0.2) is 18.7 Å². The van der Waals surface area contributed by atoms with E-state index in [-0.39, 0.29) is 5.56 Å². The molecule has 0 radical (unpaired) electrons. The number of hydrogen-bond donors (Lipinski definition) is 1. The van der Waals surface area contributed by atoms with Gasteiger partial charge in [0.15, 0.2) is 17.5 Å². The average Bonchev–Trinajstić information content (AvgIpc) is 2.65. The number of halogens is 2. The molecule has 26 heavy (non-hydrogen) atoms. The van der Waals surface area contributed by atoms with E-state index in [1.54, 1.807) is 12.3 Å². The number of hydrogen-bond acceptors (Lipinski definition) is 5. The maximum absolute atomic E-state index is 13.4. The van der Waals surface area contributed by atoms with Crippen LogP contribution in [0.4, 0.5) is 8.78 Å². The van der Waals surface area contributed by atoms with Crippen molar-refractivity contribution in [1.82, 2.24) is 24.8 Å². The summed E-state index contributed by atoms with van der Waals surface area (Å²) >= 11 is 0. The molecule has 0 saturated carbocycles. The van der Waals surface area contributed by atoms with Crippen LogP contribution >= 0.6 is 0 Å². The SMILES string of the molecule is O=c1[nH]c(-c2cnccn2)nc2c1CCN(Cc1ccc(F)c(F)c1)C2. The van der Waals surface area contributed by atoms with Crippen molar-refractivity contribution >= 4 is 0 Å². The van der Waals surface area contributed by atoms with Crippen LogP contribution in [0.25, 0.3) is 11.5 Å². The number of fused-ring (bicyclic) bond motifs is 1. The third kappa shape index (κ3) is 3.23. The second-order valence-corrected chi connectivity index (χ2v) is 6.14. The second kappa shape index (κ2) is 6.72. The van der Waals surface area contributed by atoms with E-state index >= 15 is 0 Å². The van der Waals surface area contributed by atoms with Crippen LogP contribution in [0.1, 0.15) is 16.8 Å². The molecule has 0 fully saturated rings. The summed E-state index contributed by atoms with van der Waals surface area (Å²) in [7, 11) is 0. The molecule has 1 N–H and O–H groups in total. The highest BCUT2D eigenvalue weighted by Gasteiger charge is 2.22. The monoisotopic (exact) mass is 355 g/mol. The zero-order valence-electron chi connectivity index (χ0n) is 13.7. The van der Waals surface area contributed by atoms with Crippen molar-refractivity contribution in [3.05, 3.63) is 75.6 Å². The van der Waals surface area contributed by atoms with Gasteiger partial charge in [0, 0.05) is 37.6 Å². The molecule has 1 aliphatic heterocycles. The van der Waals surface area contributed by atoms with Crippen molar-refractivity contribution in [3.63, 3.8) is 0 Å². The molecular weight excluding hydrogens is 340 g/mol. The number of nitrogens with one attached hydrogen (secondary N) is 1. The lowest BCUT2D eigenvalue weighted by atomic mass is 10.1. The van der Waals surface area contributed by atoms with Crippen molar-refractivity contribution in [2.45, 2.75) is 19.5 Å². The molecule has 0 saturated heterocycles. The van der Waals surface area contributed by atoms with Crippen LogP contribution in [0.3, 0.4) is 0 Å². The predicted molar refractivity (Wildman–Crippen MR) is 90.1 cm³/mol. The van der Waals surface area contributed by atoms with Crippen LogP contribution in [-0.4, -0.2) is 31.4 Å². The summed E-state index contributed by atoms with van der Waals surface area (Å²) < 4.78 is 26.5. The van der Waals surface area contributed by atoms with Crippen molar-refractivity contribution in [1.29, 1.82) is 0 Å². The number of aromatic nitrogens is 4. The molecule has 0 atom stereocenters. The highest BCUT2D eigenvalue weighted by atomic mass is 19.2. The van der Waals surface area contributed by atoms with E-state index in [0.29, 0.717) is 54.4 Å². The molecule has 0 bridgehead atoms. The fourth-order valence-electron chi connectivity index (χ4n) is 3.07. The van der Waals surface area contributed by atoms with Gasteiger partial charge in [0.2, 0.25) is 0 Å². The summed E-state index contributed by atoms with van der Waals surface area (Å²) in [6.45, 7) is 1.54. The Morgan fingerprint density at radius 2 is 2.08 bits per heavy atom. The Labute approximate surface area is 147 Å². The summed E-state index contributed by atoms with van der Waals surface area (Å²) in [5.41, 5.74) is 2.31. The minimum absolute atomic E-state index is 0.178. The molecule has 0 aliphatic carbocycles. The van der Waals surface area contributed by atoms with E-state index in [2.05, 4.69) is 19.9 Å². The Morgan fingerprint density at radius 3 is 2.85 bits per heavy atom. The van der Waals surface area contributed by atoms with E-state index in [1.807, 2.05) is 4.90 Å². The molecule has 1 aromatic carbocycles. The first-order valence-corrected chi connectivity index (χ1v) is 8.15. The third-order valence-corrected chi connectivity index (χ3v) is 4.35. The molecule has 3 heterocycles. The molecule has 0 spiro atoms. The lowest BCUT2D eigenvalue weighted by Crippen LogP contribution is -2.35. The molecule has 4 rings (SSSR count). The van der Waals surface area contributed by atoms with Gasteiger partial charge in [0.1, 0.15) is 5.69 Å². The Bertz CT molecular complexity index is 1010. The lowest BCUT2D eigenvalue weighted by Gasteiger charge is -2.27. The zero-order valence-corrected chi connectivity index (χ0v) is 13.7. The molecule has 0 amide bonds. The molecule has 3 aromatic rings. The predicted octanol–water partition coefficient (Wildman–Crippen LogP) is 2.06. The molecular formula is C18H15F2N5O. The van der Waals surface area contributed by atoms with E-state index in [9.17, 15) is 13.6 Å². The van der Waals surface area contributed by atoms with Crippen molar-refractivity contribution in [3.8, 4) is 11.5 Å². The Balaban J connectivity index is 1.60. The minimum atomic E-state index is -0.862. The van der Waals surface area contributed by atoms with Gasteiger partial charge >= 0.3 is 0 Å². The van der Waals surface area contributed by atoms with Crippen LogP contribution in [0, 0.1) is 11.6 Å². The summed E-state index contributed by atoms with van der Waals surface area (Å²) in [6, 6.07) is 3.88. The Kier molecular flexibility index (Phi) is 4.26. The van der Waals surface area contributed by atoms with E-state index in [0.717, 1.165) is 6.07 Å². The topological polar surface area (TPSA) is 74.8 Å². The summed E-state index contributed by atoms with van der Waals surface area (Å²) in [6.07, 6.45) is 5.16. The summed E-state index contributed by atoms with van der Waals surface area (Å²) in [5, 5.41) is 0. The molecule has 1 aliphatic rings. The molecule has 132 valence electrons. The zero-order chi connectivity index (χ0) is 18.1. The number of rotatable bonds is 3. The van der Waals surface area contributed by atoms with E-state index in [1.165, 1.54) is 18.5 Å². The fraction of sp³-hybridized carbons (Fsp3) is 0.222. The minimum Gasteiger partial charge on any atom is -0.305 e. The van der Waals surface area contributed by atoms with Crippen LogP contribution in [-0.2, 0) is 19.5 Å². The Hall–Kier alpha value is -3.00. The lowest BCUT2D eigenvalue weighted by molar-refractivity contribution is 0.240. The van der Waals surface area contributed by atoms with Gasteiger partial charge in [-0.15, -0.1) is 0 Å². The fourth-order valence-corrected chi connectivity index (χ4v) is 3.07. The average molecular weight is 355 g/mol. The molecule has 2 aromatic heterocycles. The third-order valence-electron chi connectivity index (χ3n) is 4.35. The number of aromatic amines is 1. The number of nitrogens with zero attached hydrogens (tertiary/aromatic N) is 4. The van der Waals surface area contributed by atoms with Gasteiger partial charge < -0.3 is 4.98 Å².